The summed E-state index contributed by atoms with van der Waals surface area (Å²) in [5, 5.41) is 3.17. The summed E-state index contributed by atoms with van der Waals surface area (Å²) in [6.45, 7) is 9.18. The molecule has 0 atom stereocenters. The van der Waals surface area contributed by atoms with Gasteiger partial charge in [0.25, 0.3) is 0 Å². The Bertz CT molecular complexity index is 944. The summed E-state index contributed by atoms with van der Waals surface area (Å²) in [4.78, 5) is 20.0. The third-order valence-corrected chi connectivity index (χ3v) is 5.37. The van der Waals surface area contributed by atoms with Crippen LogP contribution in [-0.2, 0) is 6.42 Å². The summed E-state index contributed by atoms with van der Waals surface area (Å²) in [5.74, 6) is 0.771. The molecule has 0 aliphatic heterocycles. The van der Waals surface area contributed by atoms with Crippen LogP contribution in [0.25, 0.3) is 11.3 Å². The molecule has 0 bridgehead atoms. The second-order valence-electron chi connectivity index (χ2n) is 6.71. The predicted molar refractivity (Wildman–Crippen MR) is 113 cm³/mol. The van der Waals surface area contributed by atoms with E-state index in [2.05, 4.69) is 58.1 Å². The molecule has 0 radical (unpaired) electrons. The maximum atomic E-state index is 4.77. The molecule has 0 aliphatic carbocycles. The van der Waals surface area contributed by atoms with Gasteiger partial charge < -0.3 is 4.90 Å². The van der Waals surface area contributed by atoms with Crippen molar-refractivity contribution in [2.75, 3.05) is 13.6 Å². The average Bonchev–Trinajstić information content (AvgIpc) is 3.12. The largest absolute Gasteiger partial charge is 0.366 e. The molecule has 27 heavy (non-hydrogen) atoms. The fourth-order valence-corrected chi connectivity index (χ4v) is 3.47. The van der Waals surface area contributed by atoms with Crippen LogP contribution in [0.15, 0.2) is 34.9 Å². The number of hydrogen-bond donors (Lipinski definition) is 0. The zero-order chi connectivity index (χ0) is 19.4. The minimum absolute atomic E-state index is 0.771. The van der Waals surface area contributed by atoms with Gasteiger partial charge in [0.05, 0.1) is 22.7 Å². The number of aromatic nitrogens is 3. The molecule has 3 aromatic rings. The van der Waals surface area contributed by atoms with Crippen LogP contribution in [0.3, 0.4) is 0 Å². The zero-order valence-corrected chi connectivity index (χ0v) is 17.3. The van der Waals surface area contributed by atoms with Crippen LogP contribution >= 0.6 is 11.3 Å². The predicted octanol–water partition coefficient (Wildman–Crippen LogP) is 4.73. The van der Waals surface area contributed by atoms with Crippen molar-refractivity contribution >= 4 is 23.4 Å². The van der Waals surface area contributed by atoms with Crippen molar-refractivity contribution in [3.8, 4) is 11.3 Å². The molecule has 140 valence electrons. The van der Waals surface area contributed by atoms with Gasteiger partial charge in [0, 0.05) is 43.4 Å². The monoisotopic (exact) mass is 379 g/mol. The minimum atomic E-state index is 0.771. The molecule has 0 unspecified atom stereocenters. The molecular formula is C21H25N5S. The Hall–Kier alpha value is -2.60. The molecule has 2 aromatic heterocycles. The highest BCUT2D eigenvalue weighted by molar-refractivity contribution is 7.10. The highest BCUT2D eigenvalue weighted by atomic mass is 32.1. The lowest BCUT2D eigenvalue weighted by Crippen LogP contribution is -2.14. The van der Waals surface area contributed by atoms with Gasteiger partial charge >= 0.3 is 0 Å². The van der Waals surface area contributed by atoms with Gasteiger partial charge in [0.15, 0.2) is 0 Å². The topological polar surface area (TPSA) is 54.3 Å². The van der Waals surface area contributed by atoms with Crippen LogP contribution in [0.2, 0.25) is 0 Å². The molecular weight excluding hydrogens is 354 g/mol. The fourth-order valence-electron chi connectivity index (χ4n) is 2.65. The van der Waals surface area contributed by atoms with E-state index in [4.69, 9.17) is 4.98 Å². The highest BCUT2D eigenvalue weighted by Crippen LogP contribution is 2.27. The van der Waals surface area contributed by atoms with Crippen molar-refractivity contribution in [2.45, 2.75) is 34.1 Å². The van der Waals surface area contributed by atoms with Gasteiger partial charge in [-0.1, -0.05) is 6.07 Å². The molecule has 3 rings (SSSR count). The van der Waals surface area contributed by atoms with E-state index in [0.717, 1.165) is 40.7 Å². The van der Waals surface area contributed by atoms with Crippen LogP contribution in [0.1, 0.15) is 34.4 Å². The Morgan fingerprint density at radius 1 is 1.11 bits per heavy atom. The van der Waals surface area contributed by atoms with Gasteiger partial charge in [-0.15, -0.1) is 11.3 Å². The van der Waals surface area contributed by atoms with Gasteiger partial charge in [0.1, 0.15) is 5.82 Å². The van der Waals surface area contributed by atoms with Crippen molar-refractivity contribution in [3.63, 3.8) is 0 Å². The third kappa shape index (κ3) is 4.77. The second-order valence-corrected chi connectivity index (χ2v) is 7.65. The third-order valence-electron chi connectivity index (χ3n) is 4.52. The summed E-state index contributed by atoms with van der Waals surface area (Å²) in [6.07, 6.45) is 6.37. The molecule has 0 aliphatic rings. The first-order valence-electron chi connectivity index (χ1n) is 9.04. The fraction of sp³-hybridized carbons (Fsp3) is 0.333. The average molecular weight is 380 g/mol. The van der Waals surface area contributed by atoms with E-state index in [1.54, 1.807) is 11.3 Å². The molecule has 5 nitrogen and oxygen atoms in total. The number of thiazole rings is 1. The van der Waals surface area contributed by atoms with Gasteiger partial charge in [-0.2, -0.15) is 0 Å². The van der Waals surface area contributed by atoms with Crippen LogP contribution in [0.5, 0.6) is 0 Å². The van der Waals surface area contributed by atoms with Crippen molar-refractivity contribution in [3.05, 3.63) is 57.4 Å². The first kappa shape index (κ1) is 19.2. The number of aliphatic imine (C=N–C) groups is 1. The lowest BCUT2D eigenvalue weighted by molar-refractivity contribution is 0.552. The summed E-state index contributed by atoms with van der Waals surface area (Å²) in [5.41, 5.74) is 6.63. The number of nitrogens with zero attached hydrogens (tertiary/aromatic N) is 5. The van der Waals surface area contributed by atoms with Gasteiger partial charge in [-0.25, -0.2) is 19.9 Å². The highest BCUT2D eigenvalue weighted by Gasteiger charge is 2.10. The summed E-state index contributed by atoms with van der Waals surface area (Å²) >= 11 is 1.68. The van der Waals surface area contributed by atoms with E-state index < -0.39 is 0 Å². The van der Waals surface area contributed by atoms with Crippen molar-refractivity contribution in [2.24, 2.45) is 4.99 Å². The molecule has 0 amide bonds. The van der Waals surface area contributed by atoms with Gasteiger partial charge in [0.2, 0.25) is 0 Å². The van der Waals surface area contributed by atoms with E-state index in [9.17, 15) is 0 Å². The lowest BCUT2D eigenvalue weighted by Gasteiger charge is -2.11. The van der Waals surface area contributed by atoms with Crippen LogP contribution in [0, 0.1) is 20.8 Å². The summed E-state index contributed by atoms with van der Waals surface area (Å²) in [7, 11) is 2.03. The number of hydrogen-bond acceptors (Lipinski definition) is 5. The maximum absolute atomic E-state index is 4.77. The van der Waals surface area contributed by atoms with Crippen molar-refractivity contribution < 1.29 is 0 Å². The Labute approximate surface area is 164 Å². The molecule has 0 saturated heterocycles. The molecule has 2 heterocycles. The Morgan fingerprint density at radius 2 is 1.85 bits per heavy atom. The normalized spacial score (nSPS) is 11.3. The van der Waals surface area contributed by atoms with Crippen molar-refractivity contribution in [1.82, 2.24) is 19.9 Å². The van der Waals surface area contributed by atoms with E-state index in [-0.39, 0.29) is 0 Å². The smallest absolute Gasteiger partial charge is 0.125 e. The Balaban J connectivity index is 1.79. The molecule has 0 fully saturated rings. The first-order valence-corrected chi connectivity index (χ1v) is 9.92. The quantitative estimate of drug-likeness (QED) is 0.459. The molecule has 1 aromatic carbocycles. The summed E-state index contributed by atoms with van der Waals surface area (Å²) in [6, 6.07) is 4.39. The summed E-state index contributed by atoms with van der Waals surface area (Å²) < 4.78 is 0. The second kappa shape index (κ2) is 8.39. The number of aryl methyl sites for hydroxylation is 3. The Morgan fingerprint density at radius 3 is 2.56 bits per heavy atom. The molecule has 6 heteroatoms. The van der Waals surface area contributed by atoms with E-state index >= 15 is 0 Å². The number of rotatable bonds is 6. The van der Waals surface area contributed by atoms with Gasteiger partial charge in [-0.05, 0) is 50.5 Å². The van der Waals surface area contributed by atoms with Crippen LogP contribution < -0.4 is 0 Å². The Kier molecular flexibility index (Phi) is 5.96. The molecule has 0 saturated carbocycles. The molecule has 0 spiro atoms. The SMILES string of the molecule is CCN(C)/C=N/c1cc(C)c(Cc2nc(-c3cnc(C)nc3)cs2)cc1C. The van der Waals surface area contributed by atoms with Crippen molar-refractivity contribution in [1.29, 1.82) is 0 Å². The number of benzene rings is 1. The van der Waals surface area contributed by atoms with Gasteiger partial charge in [-0.3, -0.25) is 0 Å². The zero-order valence-electron chi connectivity index (χ0n) is 16.5. The first-order chi connectivity index (χ1) is 13.0. The van der Waals surface area contributed by atoms with E-state index in [1.807, 2.05) is 32.7 Å². The maximum Gasteiger partial charge on any atom is 0.125 e. The van der Waals surface area contributed by atoms with Crippen LogP contribution in [0.4, 0.5) is 5.69 Å². The van der Waals surface area contributed by atoms with E-state index in [1.165, 1.54) is 16.7 Å². The minimum Gasteiger partial charge on any atom is -0.366 e. The molecule has 0 N–H and O–H groups in total. The lowest BCUT2D eigenvalue weighted by atomic mass is 10.0. The standard InChI is InChI=1S/C21H25N5S/c1-6-26(5)13-24-19-8-14(2)17(7-15(19)3)9-21-25-20(12-27-21)18-10-22-16(4)23-11-18/h7-8,10-13H,6,9H2,1-5H3/b24-13+. The van der Waals surface area contributed by atoms with Crippen LogP contribution in [-0.4, -0.2) is 39.8 Å². The van der Waals surface area contributed by atoms with E-state index in [0.29, 0.717) is 0 Å².